The number of cyclic esters (lactones) is 1. The highest BCUT2D eigenvalue weighted by Crippen LogP contribution is 2.32. The summed E-state index contributed by atoms with van der Waals surface area (Å²) in [5, 5.41) is 9.53. The predicted molar refractivity (Wildman–Crippen MR) is 62.9 cm³/mol. The Morgan fingerprint density at radius 1 is 1.40 bits per heavy atom. The molecule has 0 aromatic rings. The van der Waals surface area contributed by atoms with Crippen molar-refractivity contribution in [2.75, 3.05) is 11.5 Å². The number of hydrogen-bond donors (Lipinski definition) is 1. The zero-order chi connectivity index (χ0) is 10.7. The second-order valence-corrected chi connectivity index (χ2v) is 6.04. The Labute approximate surface area is 96.9 Å². The average molecular weight is 244 g/mol. The Bertz CT molecular complexity index is 295. The minimum atomic E-state index is -0.713. The second kappa shape index (κ2) is 5.09. The Morgan fingerprint density at radius 3 is 2.87 bits per heavy atom. The highest BCUT2D eigenvalue weighted by molar-refractivity contribution is 8.20. The fourth-order valence-electron chi connectivity index (χ4n) is 1.37. The maximum absolute atomic E-state index is 11.0. The first-order chi connectivity index (χ1) is 7.25. The van der Waals surface area contributed by atoms with Crippen LogP contribution in [0.25, 0.3) is 0 Å². The van der Waals surface area contributed by atoms with E-state index < -0.39 is 12.2 Å². The molecule has 82 valence electrons. The van der Waals surface area contributed by atoms with E-state index in [-0.39, 0.29) is 5.97 Å². The third-order valence-electron chi connectivity index (χ3n) is 2.12. The van der Waals surface area contributed by atoms with Crippen molar-refractivity contribution in [3.63, 3.8) is 0 Å². The van der Waals surface area contributed by atoms with E-state index in [4.69, 9.17) is 4.74 Å². The topological polar surface area (TPSA) is 46.5 Å². The molecule has 0 aromatic heterocycles. The molecule has 0 amide bonds. The van der Waals surface area contributed by atoms with Gasteiger partial charge < -0.3 is 9.84 Å². The minimum Gasteiger partial charge on any atom is -0.452 e. The van der Waals surface area contributed by atoms with Gasteiger partial charge in [-0.3, -0.25) is 0 Å². The first-order valence-electron chi connectivity index (χ1n) is 4.74. The molecule has 2 aliphatic rings. The molecule has 2 aliphatic heterocycles. The quantitative estimate of drug-likeness (QED) is 0.584. The molecule has 3 nitrogen and oxygen atoms in total. The zero-order valence-electron chi connectivity index (χ0n) is 8.04. The molecule has 1 fully saturated rings. The van der Waals surface area contributed by atoms with Crippen molar-refractivity contribution in [3.8, 4) is 0 Å². The van der Waals surface area contributed by atoms with Gasteiger partial charge in [-0.15, -0.1) is 23.5 Å². The Kier molecular flexibility index (Phi) is 3.77. The van der Waals surface area contributed by atoms with Crippen LogP contribution < -0.4 is 0 Å². The van der Waals surface area contributed by atoms with Crippen LogP contribution in [0.15, 0.2) is 24.3 Å². The molecule has 5 heteroatoms. The van der Waals surface area contributed by atoms with Crippen LogP contribution in [-0.2, 0) is 9.53 Å². The maximum atomic E-state index is 11.0. The molecule has 2 atom stereocenters. The number of thioether (sulfide) groups is 2. The van der Waals surface area contributed by atoms with Gasteiger partial charge in [0.15, 0.2) is 0 Å². The molecule has 1 N–H and O–H groups in total. The van der Waals surface area contributed by atoms with Gasteiger partial charge in [-0.25, -0.2) is 4.79 Å². The summed E-state index contributed by atoms with van der Waals surface area (Å²) in [5.74, 6) is 1.93. The molecular formula is C10H12O3S2. The molecule has 0 bridgehead atoms. The summed E-state index contributed by atoms with van der Waals surface area (Å²) in [6.07, 6.45) is 5.27. The van der Waals surface area contributed by atoms with Crippen molar-refractivity contribution >= 4 is 29.5 Å². The van der Waals surface area contributed by atoms with Crippen LogP contribution >= 0.6 is 23.5 Å². The van der Waals surface area contributed by atoms with E-state index in [1.807, 2.05) is 29.6 Å². The van der Waals surface area contributed by atoms with Crippen molar-refractivity contribution in [2.45, 2.75) is 16.8 Å². The van der Waals surface area contributed by atoms with E-state index in [0.717, 1.165) is 11.5 Å². The zero-order valence-corrected chi connectivity index (χ0v) is 9.67. The molecule has 2 rings (SSSR count). The number of ether oxygens (including phenoxy) is 1. The van der Waals surface area contributed by atoms with Crippen molar-refractivity contribution in [1.82, 2.24) is 0 Å². The lowest BCUT2D eigenvalue weighted by Crippen LogP contribution is -2.31. The van der Waals surface area contributed by atoms with Gasteiger partial charge in [-0.2, -0.15) is 0 Å². The van der Waals surface area contributed by atoms with E-state index >= 15 is 0 Å². The van der Waals surface area contributed by atoms with Crippen LogP contribution in [0, 0.1) is 0 Å². The van der Waals surface area contributed by atoms with E-state index in [0.29, 0.717) is 4.58 Å². The lowest BCUT2D eigenvalue weighted by molar-refractivity contribution is -0.146. The molecule has 0 spiro atoms. The summed E-state index contributed by atoms with van der Waals surface area (Å²) in [4.78, 5) is 11.0. The van der Waals surface area contributed by atoms with Gasteiger partial charge in [0.2, 0.25) is 0 Å². The summed E-state index contributed by atoms with van der Waals surface area (Å²) in [7, 11) is 0. The number of carbonyl (C=O) groups excluding carboxylic acids is 1. The first-order valence-corrected chi connectivity index (χ1v) is 6.84. The normalized spacial score (nSPS) is 32.5. The van der Waals surface area contributed by atoms with Crippen LogP contribution in [-0.4, -0.2) is 39.4 Å². The molecule has 0 unspecified atom stereocenters. The van der Waals surface area contributed by atoms with Crippen LogP contribution in [0.5, 0.6) is 0 Å². The van der Waals surface area contributed by atoms with Gasteiger partial charge in [0, 0.05) is 17.6 Å². The maximum Gasteiger partial charge on any atom is 0.331 e. The third kappa shape index (κ3) is 3.03. The monoisotopic (exact) mass is 244 g/mol. The third-order valence-corrected chi connectivity index (χ3v) is 5.05. The minimum absolute atomic E-state index is 0.387. The summed E-state index contributed by atoms with van der Waals surface area (Å²) < 4.78 is 5.41. The Morgan fingerprint density at radius 2 is 2.13 bits per heavy atom. The van der Waals surface area contributed by atoms with E-state index in [1.165, 1.54) is 12.2 Å². The molecule has 15 heavy (non-hydrogen) atoms. The van der Waals surface area contributed by atoms with Crippen molar-refractivity contribution in [2.24, 2.45) is 0 Å². The summed E-state index contributed by atoms with van der Waals surface area (Å²) in [5.41, 5.74) is 0. The van der Waals surface area contributed by atoms with Crippen LogP contribution in [0.1, 0.15) is 0 Å². The van der Waals surface area contributed by atoms with Crippen LogP contribution in [0.3, 0.4) is 0 Å². The van der Waals surface area contributed by atoms with Crippen molar-refractivity contribution in [1.29, 1.82) is 0 Å². The highest BCUT2D eigenvalue weighted by Gasteiger charge is 2.23. The standard InChI is InChI=1S/C10H12O3S2/c11-7-1-3-9(12)13-8(7)2-4-10-14-5-6-15-10/h1-4,7-8,10-11H,5-6H2/t7-,8+/m1/s1. The van der Waals surface area contributed by atoms with Gasteiger partial charge in [0.1, 0.15) is 12.2 Å². The number of esters is 1. The fourth-order valence-corrected chi connectivity index (χ4v) is 3.97. The van der Waals surface area contributed by atoms with Crippen LogP contribution in [0.2, 0.25) is 0 Å². The van der Waals surface area contributed by atoms with Crippen LogP contribution in [0.4, 0.5) is 0 Å². The summed E-state index contributed by atoms with van der Waals surface area (Å²) in [6, 6.07) is 0. The van der Waals surface area contributed by atoms with Gasteiger partial charge in [-0.05, 0) is 12.2 Å². The number of aliphatic hydroxyl groups excluding tert-OH is 1. The lowest BCUT2D eigenvalue weighted by atomic mass is 10.1. The predicted octanol–water partition coefficient (Wildman–Crippen LogP) is 1.19. The molecule has 0 aliphatic carbocycles. The second-order valence-electron chi connectivity index (χ2n) is 3.25. The fraction of sp³-hybridized carbons (Fsp3) is 0.500. The smallest absolute Gasteiger partial charge is 0.331 e. The average Bonchev–Trinajstić information content (AvgIpc) is 2.72. The molecule has 2 heterocycles. The Balaban J connectivity index is 1.92. The van der Waals surface area contributed by atoms with Gasteiger partial charge >= 0.3 is 5.97 Å². The number of carbonyl (C=O) groups is 1. The summed E-state index contributed by atoms with van der Waals surface area (Å²) in [6.45, 7) is 0. The van der Waals surface area contributed by atoms with E-state index in [1.54, 1.807) is 6.08 Å². The van der Waals surface area contributed by atoms with Crippen molar-refractivity contribution < 1.29 is 14.6 Å². The highest BCUT2D eigenvalue weighted by atomic mass is 32.2. The molecule has 1 saturated heterocycles. The number of hydrogen-bond acceptors (Lipinski definition) is 5. The molecule has 0 radical (unpaired) electrons. The summed E-state index contributed by atoms with van der Waals surface area (Å²) >= 11 is 3.74. The van der Waals surface area contributed by atoms with Gasteiger partial charge in [0.05, 0.1) is 4.58 Å². The van der Waals surface area contributed by atoms with Gasteiger partial charge in [0.25, 0.3) is 0 Å². The number of aliphatic hydroxyl groups is 1. The van der Waals surface area contributed by atoms with E-state index in [2.05, 4.69) is 0 Å². The SMILES string of the molecule is O=C1C=C[C@@H](O)[C@H](C=CC2SCCS2)O1. The largest absolute Gasteiger partial charge is 0.452 e. The first kappa shape index (κ1) is 11.1. The Hall–Kier alpha value is -0.390. The van der Waals surface area contributed by atoms with Gasteiger partial charge in [-0.1, -0.05) is 6.08 Å². The lowest BCUT2D eigenvalue weighted by Gasteiger charge is -2.20. The van der Waals surface area contributed by atoms with Crippen molar-refractivity contribution in [3.05, 3.63) is 24.3 Å². The van der Waals surface area contributed by atoms with E-state index in [9.17, 15) is 9.90 Å². The molecule has 0 aromatic carbocycles. The molecular weight excluding hydrogens is 232 g/mol. The number of rotatable bonds is 2. The molecule has 0 saturated carbocycles.